The van der Waals surface area contributed by atoms with E-state index in [2.05, 4.69) is 29.8 Å². The van der Waals surface area contributed by atoms with E-state index in [1.54, 1.807) is 12.1 Å². The lowest BCUT2D eigenvalue weighted by molar-refractivity contribution is 0.0472. The summed E-state index contributed by atoms with van der Waals surface area (Å²) in [6, 6.07) is 14.9. The van der Waals surface area contributed by atoms with Gasteiger partial charge < -0.3 is 9.47 Å². The van der Waals surface area contributed by atoms with Crippen molar-refractivity contribution in [3.8, 4) is 5.75 Å². The molecule has 0 heterocycles. The van der Waals surface area contributed by atoms with E-state index >= 15 is 0 Å². The molecule has 0 saturated carbocycles. The van der Waals surface area contributed by atoms with Gasteiger partial charge in [-0.25, -0.2) is 4.79 Å². The van der Waals surface area contributed by atoms with Gasteiger partial charge in [0.1, 0.15) is 12.4 Å². The molecule has 2 rings (SSSR count). The molecule has 4 heteroatoms. The molecule has 0 bridgehead atoms. The second-order valence-electron chi connectivity index (χ2n) is 5.44. The lowest BCUT2D eigenvalue weighted by Gasteiger charge is -2.11. The van der Waals surface area contributed by atoms with Gasteiger partial charge >= 0.3 is 5.97 Å². The maximum atomic E-state index is 12.2. The van der Waals surface area contributed by atoms with Crippen LogP contribution in [-0.4, -0.2) is 12.6 Å². The van der Waals surface area contributed by atoms with E-state index in [4.69, 9.17) is 9.47 Å². The van der Waals surface area contributed by atoms with Gasteiger partial charge in [0.15, 0.2) is 0 Å². The molecule has 0 spiro atoms. The van der Waals surface area contributed by atoms with Crippen molar-refractivity contribution >= 4 is 21.9 Å². The minimum atomic E-state index is -0.362. The van der Waals surface area contributed by atoms with Crippen LogP contribution in [0.25, 0.3) is 0 Å². The summed E-state index contributed by atoms with van der Waals surface area (Å²) in [5.74, 6) is 0.724. The summed E-state index contributed by atoms with van der Waals surface area (Å²) in [6.45, 7) is 5.02. The third-order valence-corrected chi connectivity index (χ3v) is 3.36. The number of benzene rings is 2. The molecule has 0 unspecified atom stereocenters. The normalized spacial score (nSPS) is 10.5. The van der Waals surface area contributed by atoms with E-state index in [0.717, 1.165) is 10.0 Å². The molecule has 2 aromatic rings. The zero-order chi connectivity index (χ0) is 15.9. The first-order valence-corrected chi connectivity index (χ1v) is 7.98. The Bertz CT molecular complexity index is 623. The average Bonchev–Trinajstić information content (AvgIpc) is 2.51. The first kappa shape index (κ1) is 16.6. The number of ether oxygens (including phenoxy) is 2. The molecule has 22 heavy (non-hydrogen) atoms. The molecule has 0 aliphatic rings. The zero-order valence-corrected chi connectivity index (χ0v) is 14.3. The van der Waals surface area contributed by atoms with Gasteiger partial charge in [-0.05, 0) is 29.7 Å². The highest BCUT2D eigenvalue weighted by atomic mass is 79.9. The van der Waals surface area contributed by atoms with Crippen molar-refractivity contribution in [3.63, 3.8) is 0 Å². The van der Waals surface area contributed by atoms with Crippen molar-refractivity contribution in [1.82, 2.24) is 0 Å². The largest absolute Gasteiger partial charge is 0.493 e. The van der Waals surface area contributed by atoms with Crippen LogP contribution in [0, 0.1) is 5.92 Å². The molecule has 3 nitrogen and oxygen atoms in total. The van der Waals surface area contributed by atoms with Gasteiger partial charge in [0.25, 0.3) is 0 Å². The van der Waals surface area contributed by atoms with Gasteiger partial charge in [0.05, 0.1) is 12.2 Å². The van der Waals surface area contributed by atoms with Crippen molar-refractivity contribution in [1.29, 1.82) is 0 Å². The molecular weight excluding hydrogens is 344 g/mol. The lowest BCUT2D eigenvalue weighted by Crippen LogP contribution is -2.08. The standard InChI is InChI=1S/C18H19BrO3/c1-13(2)11-21-17-9-15(8-16(19)10-17)18(20)22-12-14-6-4-3-5-7-14/h3-10,13H,11-12H2,1-2H3. The number of hydrogen-bond donors (Lipinski definition) is 0. The van der Waals surface area contributed by atoms with E-state index in [-0.39, 0.29) is 12.6 Å². The Morgan fingerprint density at radius 3 is 2.55 bits per heavy atom. The maximum absolute atomic E-state index is 12.2. The molecule has 0 aliphatic carbocycles. The zero-order valence-electron chi connectivity index (χ0n) is 12.7. The van der Waals surface area contributed by atoms with Crippen molar-refractivity contribution < 1.29 is 14.3 Å². The van der Waals surface area contributed by atoms with E-state index in [0.29, 0.717) is 23.8 Å². The first-order valence-electron chi connectivity index (χ1n) is 7.19. The second kappa shape index (κ2) is 7.99. The predicted octanol–water partition coefficient (Wildman–Crippen LogP) is 4.84. The quantitative estimate of drug-likeness (QED) is 0.689. The Balaban J connectivity index is 2.02. The summed E-state index contributed by atoms with van der Waals surface area (Å²) in [7, 11) is 0. The van der Waals surface area contributed by atoms with Crippen molar-refractivity contribution in [2.24, 2.45) is 5.92 Å². The number of halogens is 1. The summed E-state index contributed by atoms with van der Waals surface area (Å²) in [5.41, 5.74) is 1.44. The highest BCUT2D eigenvalue weighted by Crippen LogP contribution is 2.23. The first-order chi connectivity index (χ1) is 10.5. The third kappa shape index (κ3) is 5.19. The number of rotatable bonds is 6. The fourth-order valence-corrected chi connectivity index (χ4v) is 2.31. The van der Waals surface area contributed by atoms with E-state index < -0.39 is 0 Å². The van der Waals surface area contributed by atoms with Crippen LogP contribution < -0.4 is 4.74 Å². The topological polar surface area (TPSA) is 35.5 Å². The molecule has 0 N–H and O–H groups in total. The van der Waals surface area contributed by atoms with Crippen LogP contribution in [0.3, 0.4) is 0 Å². The van der Waals surface area contributed by atoms with Gasteiger partial charge in [-0.3, -0.25) is 0 Å². The summed E-state index contributed by atoms with van der Waals surface area (Å²) in [6.07, 6.45) is 0. The molecule has 0 radical (unpaired) electrons. The molecule has 0 aromatic heterocycles. The van der Waals surface area contributed by atoms with Crippen LogP contribution in [0.5, 0.6) is 5.75 Å². The summed E-state index contributed by atoms with van der Waals surface area (Å²) in [4.78, 5) is 12.2. The highest BCUT2D eigenvalue weighted by molar-refractivity contribution is 9.10. The number of hydrogen-bond acceptors (Lipinski definition) is 3. The van der Waals surface area contributed by atoms with E-state index in [1.165, 1.54) is 0 Å². The van der Waals surface area contributed by atoms with Crippen LogP contribution in [0.2, 0.25) is 0 Å². The summed E-state index contributed by atoms with van der Waals surface area (Å²) < 4.78 is 11.8. The fourth-order valence-electron chi connectivity index (χ4n) is 1.83. The van der Waals surface area contributed by atoms with Gasteiger partial charge in [-0.2, -0.15) is 0 Å². The molecule has 0 aliphatic heterocycles. The molecule has 2 aromatic carbocycles. The van der Waals surface area contributed by atoms with Crippen LogP contribution >= 0.6 is 15.9 Å². The van der Waals surface area contributed by atoms with Crippen LogP contribution in [-0.2, 0) is 11.3 Å². The minimum Gasteiger partial charge on any atom is -0.493 e. The Morgan fingerprint density at radius 1 is 1.14 bits per heavy atom. The molecule has 0 fully saturated rings. The molecule has 0 amide bonds. The van der Waals surface area contributed by atoms with Gasteiger partial charge in [-0.1, -0.05) is 60.1 Å². The SMILES string of the molecule is CC(C)COc1cc(Br)cc(C(=O)OCc2ccccc2)c1. The fraction of sp³-hybridized carbons (Fsp3) is 0.278. The summed E-state index contributed by atoms with van der Waals surface area (Å²) >= 11 is 3.40. The Morgan fingerprint density at radius 2 is 1.86 bits per heavy atom. The monoisotopic (exact) mass is 362 g/mol. The average molecular weight is 363 g/mol. The number of carbonyl (C=O) groups is 1. The van der Waals surface area contributed by atoms with Crippen LogP contribution in [0.15, 0.2) is 53.0 Å². The Kier molecular flexibility index (Phi) is 6.01. The van der Waals surface area contributed by atoms with Gasteiger partial charge in [-0.15, -0.1) is 0 Å². The van der Waals surface area contributed by atoms with Crippen LogP contribution in [0.4, 0.5) is 0 Å². The molecule has 0 atom stereocenters. The van der Waals surface area contributed by atoms with Crippen molar-refractivity contribution in [2.45, 2.75) is 20.5 Å². The number of carbonyl (C=O) groups excluding carboxylic acids is 1. The Hall–Kier alpha value is -1.81. The second-order valence-corrected chi connectivity index (χ2v) is 6.36. The minimum absolute atomic E-state index is 0.258. The molecular formula is C18H19BrO3. The predicted molar refractivity (Wildman–Crippen MR) is 90.0 cm³/mol. The Labute approximate surface area is 139 Å². The molecule has 116 valence electrons. The van der Waals surface area contributed by atoms with Gasteiger partial charge in [0.2, 0.25) is 0 Å². The lowest BCUT2D eigenvalue weighted by atomic mass is 10.2. The van der Waals surface area contributed by atoms with Crippen molar-refractivity contribution in [3.05, 3.63) is 64.1 Å². The third-order valence-electron chi connectivity index (χ3n) is 2.90. The van der Waals surface area contributed by atoms with Crippen LogP contribution in [0.1, 0.15) is 29.8 Å². The summed E-state index contributed by atoms with van der Waals surface area (Å²) in [5, 5.41) is 0. The van der Waals surface area contributed by atoms with Crippen molar-refractivity contribution in [2.75, 3.05) is 6.61 Å². The smallest absolute Gasteiger partial charge is 0.338 e. The van der Waals surface area contributed by atoms with E-state index in [9.17, 15) is 4.79 Å². The van der Waals surface area contributed by atoms with E-state index in [1.807, 2.05) is 36.4 Å². The van der Waals surface area contributed by atoms with Gasteiger partial charge in [0, 0.05) is 4.47 Å². The molecule has 0 saturated heterocycles. The maximum Gasteiger partial charge on any atom is 0.338 e. The number of esters is 1. The highest BCUT2D eigenvalue weighted by Gasteiger charge is 2.11.